The molecule has 0 bridgehead atoms. The molecule has 6 N–H and O–H groups in total. The SMILES string of the molecule is O=C(O)C(CO)NP(=O)=O.OCC(O)CO. The molecule has 0 saturated carbocycles. The Bertz CT molecular complexity index is 243. The molecule has 0 spiro atoms. The lowest BCUT2D eigenvalue weighted by atomic mass is 10.3. The maximum atomic E-state index is 9.98. The molecule has 0 saturated heterocycles. The first-order chi connectivity index (χ1) is 7.38. The van der Waals surface area contributed by atoms with Gasteiger partial charge in [-0.1, -0.05) is 0 Å². The van der Waals surface area contributed by atoms with Crippen LogP contribution in [0.4, 0.5) is 0 Å². The molecule has 16 heavy (non-hydrogen) atoms. The third kappa shape index (κ3) is 11.2. The number of hydrogen-bond donors (Lipinski definition) is 6. The van der Waals surface area contributed by atoms with Gasteiger partial charge in [-0.15, -0.1) is 0 Å². The minimum atomic E-state index is -2.97. The van der Waals surface area contributed by atoms with Crippen LogP contribution in [0.15, 0.2) is 0 Å². The van der Waals surface area contributed by atoms with Crippen molar-refractivity contribution >= 4 is 13.8 Å². The molecule has 0 aliphatic heterocycles. The summed E-state index contributed by atoms with van der Waals surface area (Å²) in [6.45, 7) is -1.48. The normalized spacial score (nSPS) is 11.6. The number of carboxylic acid groups (broad SMARTS) is 1. The van der Waals surface area contributed by atoms with Crippen molar-refractivity contribution in [3.05, 3.63) is 0 Å². The van der Waals surface area contributed by atoms with Crippen molar-refractivity contribution in [2.24, 2.45) is 0 Å². The van der Waals surface area contributed by atoms with Crippen molar-refractivity contribution in [1.82, 2.24) is 5.09 Å². The first-order valence-corrected chi connectivity index (χ1v) is 5.20. The number of aliphatic hydroxyl groups is 4. The van der Waals surface area contributed by atoms with E-state index in [2.05, 4.69) is 0 Å². The van der Waals surface area contributed by atoms with Gasteiger partial charge in [0.05, 0.1) is 19.8 Å². The van der Waals surface area contributed by atoms with E-state index in [0.29, 0.717) is 0 Å². The summed E-state index contributed by atoms with van der Waals surface area (Å²) in [5, 5.41) is 42.0. The quantitative estimate of drug-likeness (QED) is 0.281. The molecule has 0 rings (SSSR count). The molecule has 0 aromatic rings. The zero-order valence-electron chi connectivity index (χ0n) is 8.18. The Hall–Kier alpha value is -0.830. The average molecular weight is 259 g/mol. The van der Waals surface area contributed by atoms with Gasteiger partial charge in [0.15, 0.2) is 0 Å². The van der Waals surface area contributed by atoms with Gasteiger partial charge in [-0.3, -0.25) is 4.79 Å². The van der Waals surface area contributed by atoms with Crippen LogP contribution >= 0.6 is 7.83 Å². The third-order valence-electron chi connectivity index (χ3n) is 1.16. The molecule has 0 fully saturated rings. The van der Waals surface area contributed by atoms with Crippen molar-refractivity contribution in [2.75, 3.05) is 19.8 Å². The monoisotopic (exact) mass is 259 g/mol. The van der Waals surface area contributed by atoms with Crippen molar-refractivity contribution in [1.29, 1.82) is 0 Å². The maximum absolute atomic E-state index is 9.98. The van der Waals surface area contributed by atoms with Crippen LogP contribution in [0, 0.1) is 0 Å². The number of aliphatic hydroxyl groups excluding tert-OH is 4. The number of aliphatic carboxylic acids is 1. The highest BCUT2D eigenvalue weighted by Crippen LogP contribution is 1.97. The molecule has 1 atom stereocenters. The number of nitrogens with one attached hydrogen (secondary N) is 1. The number of hydrogen-bond acceptors (Lipinski definition) is 7. The first kappa shape index (κ1) is 17.6. The fourth-order valence-electron chi connectivity index (χ4n) is 0.359. The van der Waals surface area contributed by atoms with Crippen molar-refractivity contribution in [3.63, 3.8) is 0 Å². The molecule has 0 aromatic carbocycles. The van der Waals surface area contributed by atoms with Gasteiger partial charge >= 0.3 is 13.8 Å². The van der Waals surface area contributed by atoms with Crippen LogP contribution in [0.3, 0.4) is 0 Å². The van der Waals surface area contributed by atoms with Crippen molar-refractivity contribution in [2.45, 2.75) is 12.1 Å². The highest BCUT2D eigenvalue weighted by Gasteiger charge is 2.16. The number of carboxylic acids is 1. The van der Waals surface area contributed by atoms with E-state index in [9.17, 15) is 13.9 Å². The van der Waals surface area contributed by atoms with E-state index in [1.165, 1.54) is 0 Å². The molecule has 0 heterocycles. The molecule has 96 valence electrons. The van der Waals surface area contributed by atoms with Crippen LogP contribution in [-0.4, -0.2) is 63.5 Å². The second kappa shape index (κ2) is 10.7. The lowest BCUT2D eigenvalue weighted by molar-refractivity contribution is -0.139. The highest BCUT2D eigenvalue weighted by molar-refractivity contribution is 7.28. The van der Waals surface area contributed by atoms with E-state index in [0.717, 1.165) is 0 Å². The summed E-state index contributed by atoms with van der Waals surface area (Å²) in [5.41, 5.74) is 0. The summed E-state index contributed by atoms with van der Waals surface area (Å²) in [6.07, 6.45) is -0.954. The first-order valence-electron chi connectivity index (χ1n) is 4.03. The Balaban J connectivity index is 0. The molecule has 9 nitrogen and oxygen atoms in total. The van der Waals surface area contributed by atoms with Gasteiger partial charge in [-0.25, -0.2) is 9.13 Å². The van der Waals surface area contributed by atoms with Gasteiger partial charge in [0.25, 0.3) is 0 Å². The van der Waals surface area contributed by atoms with Crippen LogP contribution in [-0.2, 0) is 13.9 Å². The van der Waals surface area contributed by atoms with E-state index in [1.807, 2.05) is 0 Å². The van der Waals surface area contributed by atoms with E-state index in [4.69, 9.17) is 25.5 Å². The van der Waals surface area contributed by atoms with E-state index in [-0.39, 0.29) is 13.2 Å². The second-order valence-electron chi connectivity index (χ2n) is 2.48. The summed E-state index contributed by atoms with van der Waals surface area (Å²) < 4.78 is 19.6. The average Bonchev–Trinajstić information content (AvgIpc) is 2.24. The minimum absolute atomic E-state index is 0.365. The van der Waals surface area contributed by atoms with Crippen molar-refractivity contribution < 1.29 is 39.5 Å². The molecule has 0 radical (unpaired) electrons. The maximum Gasteiger partial charge on any atom is 0.396 e. The Morgan fingerprint density at radius 3 is 1.62 bits per heavy atom. The topological polar surface area (TPSA) is 164 Å². The van der Waals surface area contributed by atoms with Crippen LogP contribution in [0.5, 0.6) is 0 Å². The largest absolute Gasteiger partial charge is 0.480 e. The summed E-state index contributed by atoms with van der Waals surface area (Å²) in [4.78, 5) is 9.98. The zero-order valence-corrected chi connectivity index (χ0v) is 9.08. The van der Waals surface area contributed by atoms with Crippen LogP contribution in [0.25, 0.3) is 0 Å². The molecular formula is C6H14NO8P. The predicted molar refractivity (Wildman–Crippen MR) is 50.1 cm³/mol. The lowest BCUT2D eigenvalue weighted by Gasteiger charge is -2.02. The Morgan fingerprint density at radius 1 is 1.12 bits per heavy atom. The van der Waals surface area contributed by atoms with Gasteiger partial charge in [0.1, 0.15) is 12.1 Å². The number of carbonyl (C=O) groups is 1. The Labute approximate surface area is 91.2 Å². The highest BCUT2D eigenvalue weighted by atomic mass is 31.1. The van der Waals surface area contributed by atoms with Gasteiger partial charge < -0.3 is 25.5 Å². The Kier molecular flexibility index (Phi) is 11.7. The summed E-state index contributed by atoms with van der Waals surface area (Å²) in [6, 6.07) is -1.43. The molecule has 0 aromatic heterocycles. The van der Waals surface area contributed by atoms with Crippen molar-refractivity contribution in [3.8, 4) is 0 Å². The van der Waals surface area contributed by atoms with Gasteiger partial charge in [0.2, 0.25) is 0 Å². The van der Waals surface area contributed by atoms with Crippen LogP contribution in [0.2, 0.25) is 0 Å². The van der Waals surface area contributed by atoms with E-state index in [1.54, 1.807) is 5.09 Å². The fraction of sp³-hybridized carbons (Fsp3) is 0.833. The van der Waals surface area contributed by atoms with Gasteiger partial charge in [-0.2, -0.15) is 5.09 Å². The minimum Gasteiger partial charge on any atom is -0.480 e. The molecule has 1 unspecified atom stereocenters. The fourth-order valence-corrected chi connectivity index (χ4v) is 0.806. The van der Waals surface area contributed by atoms with E-state index < -0.39 is 32.6 Å². The molecule has 10 heteroatoms. The third-order valence-corrected chi connectivity index (χ3v) is 1.69. The predicted octanol–water partition coefficient (Wildman–Crippen LogP) is -2.56. The van der Waals surface area contributed by atoms with Gasteiger partial charge in [-0.05, 0) is 0 Å². The summed E-state index contributed by atoms with van der Waals surface area (Å²) in [7, 11) is -2.97. The van der Waals surface area contributed by atoms with Crippen LogP contribution < -0.4 is 5.09 Å². The zero-order chi connectivity index (χ0) is 13.1. The molecular weight excluding hydrogens is 245 g/mol. The molecule has 0 amide bonds. The van der Waals surface area contributed by atoms with E-state index >= 15 is 0 Å². The molecule has 0 aliphatic rings. The second-order valence-corrected chi connectivity index (χ2v) is 3.25. The van der Waals surface area contributed by atoms with Crippen LogP contribution in [0.1, 0.15) is 0 Å². The molecule has 0 aliphatic carbocycles. The standard InChI is InChI=1S/C3H6NO5P.C3H8O3/c5-1-2(3(6)7)4-10(8)9;4-1-3(6)2-5/h2,5H,1H2,(H,6,7)(H,4,8,9);3-6H,1-2H2. The van der Waals surface area contributed by atoms with Gasteiger partial charge in [0, 0.05) is 0 Å². The lowest BCUT2D eigenvalue weighted by Crippen LogP contribution is -2.34. The summed E-state index contributed by atoms with van der Waals surface area (Å²) in [5.74, 6) is -1.40. The Morgan fingerprint density at radius 2 is 1.56 bits per heavy atom. The smallest absolute Gasteiger partial charge is 0.396 e. The number of rotatable bonds is 6. The summed E-state index contributed by atoms with van der Waals surface area (Å²) >= 11 is 0.